The third-order valence-electron chi connectivity index (χ3n) is 2.89. The van der Waals surface area contributed by atoms with Crippen molar-refractivity contribution >= 4 is 5.97 Å². The second kappa shape index (κ2) is 3.64. The molecule has 0 aromatic rings. The third-order valence-corrected chi connectivity index (χ3v) is 2.89. The Bertz CT molecular complexity index is 198. The largest absolute Gasteiger partial charge is 0.469 e. The molecule has 1 aliphatic rings. The highest BCUT2D eigenvalue weighted by atomic mass is 16.7. The summed E-state index contributed by atoms with van der Waals surface area (Å²) in [5.41, 5.74) is 0. The lowest BCUT2D eigenvalue weighted by atomic mass is 9.69. The van der Waals surface area contributed by atoms with Gasteiger partial charge in [0.1, 0.15) is 5.92 Å². The highest BCUT2D eigenvalue weighted by Gasteiger charge is 2.58. The van der Waals surface area contributed by atoms with Gasteiger partial charge in [0.15, 0.2) is 5.79 Å². The van der Waals surface area contributed by atoms with E-state index < -0.39 is 5.79 Å². The van der Waals surface area contributed by atoms with Gasteiger partial charge in [-0.2, -0.15) is 0 Å². The van der Waals surface area contributed by atoms with Crippen molar-refractivity contribution in [3.63, 3.8) is 0 Å². The second-order valence-electron chi connectivity index (χ2n) is 3.34. The van der Waals surface area contributed by atoms with Crippen LogP contribution in [0.15, 0.2) is 0 Å². The molecule has 4 heteroatoms. The van der Waals surface area contributed by atoms with Crippen LogP contribution in [0.25, 0.3) is 0 Å². The summed E-state index contributed by atoms with van der Waals surface area (Å²) in [4.78, 5) is 11.3. The van der Waals surface area contributed by atoms with Crippen LogP contribution in [0.3, 0.4) is 0 Å². The molecule has 0 aromatic carbocycles. The van der Waals surface area contributed by atoms with Crippen molar-refractivity contribution in [1.82, 2.24) is 0 Å². The van der Waals surface area contributed by atoms with Gasteiger partial charge in [-0.15, -0.1) is 0 Å². The Morgan fingerprint density at radius 1 is 1.31 bits per heavy atom. The first kappa shape index (κ1) is 10.5. The summed E-state index contributed by atoms with van der Waals surface area (Å²) in [6.07, 6.45) is 0.758. The van der Waals surface area contributed by atoms with Gasteiger partial charge in [0.2, 0.25) is 0 Å². The Kier molecular flexibility index (Phi) is 2.93. The fraction of sp³-hybridized carbons (Fsp3) is 0.889. The van der Waals surface area contributed by atoms with Crippen LogP contribution in [0.5, 0.6) is 0 Å². The lowest BCUT2D eigenvalue weighted by Gasteiger charge is -2.50. The molecule has 2 unspecified atom stereocenters. The molecular formula is C9H16O4. The predicted molar refractivity (Wildman–Crippen MR) is 46.0 cm³/mol. The Morgan fingerprint density at radius 3 is 2.15 bits per heavy atom. The van der Waals surface area contributed by atoms with Gasteiger partial charge in [0, 0.05) is 20.1 Å². The van der Waals surface area contributed by atoms with Crippen molar-refractivity contribution in [3.8, 4) is 0 Å². The second-order valence-corrected chi connectivity index (χ2v) is 3.34. The average molecular weight is 188 g/mol. The molecular weight excluding hydrogens is 172 g/mol. The van der Waals surface area contributed by atoms with E-state index in [1.807, 2.05) is 6.92 Å². The number of hydrogen-bond acceptors (Lipinski definition) is 4. The third kappa shape index (κ3) is 1.34. The van der Waals surface area contributed by atoms with Crippen LogP contribution in [-0.2, 0) is 19.0 Å². The van der Waals surface area contributed by atoms with E-state index in [1.54, 1.807) is 14.2 Å². The minimum absolute atomic E-state index is 0.228. The predicted octanol–water partition coefficient (Wildman–Crippen LogP) is 0.804. The van der Waals surface area contributed by atoms with Gasteiger partial charge in [-0.1, -0.05) is 6.92 Å². The van der Waals surface area contributed by atoms with Crippen LogP contribution in [0.1, 0.15) is 13.3 Å². The fourth-order valence-electron chi connectivity index (χ4n) is 2.04. The SMILES string of the molecule is COC(=O)C1CC(C)C1(OC)OC. The number of ether oxygens (including phenoxy) is 3. The quantitative estimate of drug-likeness (QED) is 0.485. The van der Waals surface area contributed by atoms with E-state index >= 15 is 0 Å². The zero-order chi connectivity index (χ0) is 10.1. The summed E-state index contributed by atoms with van der Waals surface area (Å²) >= 11 is 0. The summed E-state index contributed by atoms with van der Waals surface area (Å²) in [6, 6.07) is 0. The molecule has 13 heavy (non-hydrogen) atoms. The van der Waals surface area contributed by atoms with Crippen molar-refractivity contribution in [1.29, 1.82) is 0 Å². The van der Waals surface area contributed by atoms with Crippen molar-refractivity contribution in [3.05, 3.63) is 0 Å². The number of hydrogen-bond donors (Lipinski definition) is 0. The molecule has 0 saturated heterocycles. The monoisotopic (exact) mass is 188 g/mol. The molecule has 1 aliphatic carbocycles. The summed E-state index contributed by atoms with van der Waals surface area (Å²) in [6.45, 7) is 1.99. The summed E-state index contributed by atoms with van der Waals surface area (Å²) in [7, 11) is 4.48. The van der Waals surface area contributed by atoms with Gasteiger partial charge in [0.25, 0.3) is 0 Å². The topological polar surface area (TPSA) is 44.8 Å². The minimum atomic E-state index is -0.771. The number of methoxy groups -OCH3 is 3. The van der Waals surface area contributed by atoms with E-state index in [9.17, 15) is 4.79 Å². The van der Waals surface area contributed by atoms with Crippen molar-refractivity contribution < 1.29 is 19.0 Å². The molecule has 0 aromatic heterocycles. The van der Waals surface area contributed by atoms with Crippen molar-refractivity contribution in [2.24, 2.45) is 11.8 Å². The van der Waals surface area contributed by atoms with Gasteiger partial charge in [-0.25, -0.2) is 0 Å². The summed E-state index contributed by atoms with van der Waals surface area (Å²) in [5, 5.41) is 0. The van der Waals surface area contributed by atoms with Crippen LogP contribution in [-0.4, -0.2) is 33.1 Å². The average Bonchev–Trinajstić information content (AvgIpc) is 2.15. The zero-order valence-electron chi connectivity index (χ0n) is 8.49. The molecule has 1 rings (SSSR count). The lowest BCUT2D eigenvalue weighted by molar-refractivity contribution is -0.315. The van der Waals surface area contributed by atoms with Gasteiger partial charge < -0.3 is 14.2 Å². The smallest absolute Gasteiger partial charge is 0.314 e. The lowest BCUT2D eigenvalue weighted by Crippen LogP contribution is -2.60. The molecule has 0 bridgehead atoms. The maximum atomic E-state index is 11.3. The van der Waals surface area contributed by atoms with E-state index in [2.05, 4.69) is 4.74 Å². The van der Waals surface area contributed by atoms with E-state index in [1.165, 1.54) is 7.11 Å². The maximum absolute atomic E-state index is 11.3. The first-order valence-corrected chi connectivity index (χ1v) is 4.30. The molecule has 0 amide bonds. The molecule has 0 aliphatic heterocycles. The Morgan fingerprint density at radius 2 is 1.85 bits per heavy atom. The molecule has 1 fully saturated rings. The van der Waals surface area contributed by atoms with Gasteiger partial charge >= 0.3 is 5.97 Å². The minimum Gasteiger partial charge on any atom is -0.469 e. The van der Waals surface area contributed by atoms with Crippen LogP contribution < -0.4 is 0 Å². The molecule has 1 saturated carbocycles. The molecule has 2 atom stereocenters. The van der Waals surface area contributed by atoms with E-state index in [4.69, 9.17) is 9.47 Å². The molecule has 76 valence electrons. The highest BCUT2D eigenvalue weighted by Crippen LogP contribution is 2.47. The van der Waals surface area contributed by atoms with Crippen molar-refractivity contribution in [2.75, 3.05) is 21.3 Å². The van der Waals surface area contributed by atoms with Gasteiger partial charge in [-0.3, -0.25) is 4.79 Å². The number of esters is 1. The van der Waals surface area contributed by atoms with E-state index in [0.717, 1.165) is 6.42 Å². The molecule has 0 heterocycles. The van der Waals surface area contributed by atoms with Crippen LogP contribution in [0.2, 0.25) is 0 Å². The highest BCUT2D eigenvalue weighted by molar-refractivity contribution is 5.75. The number of carbonyl (C=O) groups is 1. The molecule has 4 nitrogen and oxygen atoms in total. The van der Waals surface area contributed by atoms with Gasteiger partial charge in [0.05, 0.1) is 7.11 Å². The Hall–Kier alpha value is -0.610. The Balaban J connectivity index is 2.74. The normalized spacial score (nSPS) is 30.8. The standard InChI is InChI=1S/C9H16O4/c1-6-5-7(8(10)11-2)9(6,12-3)13-4/h6-7H,5H2,1-4H3. The number of carbonyl (C=O) groups excluding carboxylic acids is 1. The number of rotatable bonds is 3. The maximum Gasteiger partial charge on any atom is 0.314 e. The van der Waals surface area contributed by atoms with E-state index in [-0.39, 0.29) is 17.8 Å². The van der Waals surface area contributed by atoms with Crippen molar-refractivity contribution in [2.45, 2.75) is 19.1 Å². The van der Waals surface area contributed by atoms with E-state index in [0.29, 0.717) is 0 Å². The van der Waals surface area contributed by atoms with Gasteiger partial charge in [-0.05, 0) is 6.42 Å². The fourth-order valence-corrected chi connectivity index (χ4v) is 2.04. The van der Waals surface area contributed by atoms with Crippen LogP contribution in [0.4, 0.5) is 0 Å². The molecule has 0 N–H and O–H groups in total. The summed E-state index contributed by atoms with van der Waals surface area (Å²) in [5.74, 6) is -1.09. The zero-order valence-corrected chi connectivity index (χ0v) is 8.49. The molecule has 0 radical (unpaired) electrons. The first-order chi connectivity index (χ1) is 6.12. The summed E-state index contributed by atoms with van der Waals surface area (Å²) < 4.78 is 15.2. The Labute approximate surface area is 78.2 Å². The molecule has 0 spiro atoms. The van der Waals surface area contributed by atoms with Crippen LogP contribution >= 0.6 is 0 Å². The first-order valence-electron chi connectivity index (χ1n) is 4.30. The van der Waals surface area contributed by atoms with Crippen LogP contribution in [0, 0.1) is 11.8 Å².